The van der Waals surface area contributed by atoms with E-state index in [1.807, 2.05) is 19.9 Å². The van der Waals surface area contributed by atoms with Gasteiger partial charge < -0.3 is 14.2 Å². The van der Waals surface area contributed by atoms with E-state index in [1.165, 1.54) is 20.3 Å². The molecule has 1 amide bonds. The summed E-state index contributed by atoms with van der Waals surface area (Å²) in [7, 11) is 0. The number of hydrogen-bond acceptors (Lipinski definition) is 2. The number of halogens is 1. The highest BCUT2D eigenvalue weighted by Crippen LogP contribution is 2.39. The average molecular weight is 552 g/mol. The normalized spacial score (nSPS) is 11.1. The molecule has 4 aromatic rings. The minimum atomic E-state index is -0.316. The summed E-state index contributed by atoms with van der Waals surface area (Å²) in [6.45, 7) is 10.1. The number of fused-ring (bicyclic) bond motifs is 1. The number of hydrogen-bond donors (Lipinski definition) is 0. The highest BCUT2D eigenvalue weighted by molar-refractivity contribution is 14.1. The first kappa shape index (κ1) is 23.4. The molecule has 0 N–H and O–H groups in total. The van der Waals surface area contributed by atoms with Gasteiger partial charge in [0, 0.05) is 45.9 Å². The van der Waals surface area contributed by atoms with E-state index in [0.29, 0.717) is 18.8 Å². The third kappa shape index (κ3) is 4.93. The molecule has 0 spiro atoms. The van der Waals surface area contributed by atoms with Crippen molar-refractivity contribution in [3.05, 3.63) is 87.1 Å². The maximum Gasteiger partial charge on any atom is 0.415 e. The zero-order valence-corrected chi connectivity index (χ0v) is 21.7. The quantitative estimate of drug-likeness (QED) is 0.234. The first-order valence-corrected chi connectivity index (χ1v) is 12.4. The van der Waals surface area contributed by atoms with Gasteiger partial charge in [-0.3, -0.25) is 0 Å². The summed E-state index contributed by atoms with van der Waals surface area (Å²) in [4.78, 5) is 14.5. The van der Waals surface area contributed by atoms with E-state index in [-0.39, 0.29) is 6.09 Å². The van der Waals surface area contributed by atoms with Crippen LogP contribution < -0.4 is 4.74 Å². The predicted octanol–water partition coefficient (Wildman–Crippen LogP) is 7.42. The fourth-order valence-electron chi connectivity index (χ4n) is 4.34. The number of benzene rings is 3. The summed E-state index contributed by atoms with van der Waals surface area (Å²) in [5.41, 5.74) is 6.78. The van der Waals surface area contributed by atoms with Gasteiger partial charge in [-0.25, -0.2) is 4.79 Å². The van der Waals surface area contributed by atoms with Crippen LogP contribution in [0.15, 0.2) is 66.9 Å². The van der Waals surface area contributed by atoms with E-state index in [0.717, 1.165) is 28.6 Å². The van der Waals surface area contributed by atoms with Crippen molar-refractivity contribution in [1.82, 2.24) is 9.47 Å². The molecule has 1 aromatic heterocycles. The maximum absolute atomic E-state index is 12.8. The molecule has 0 saturated heterocycles. The van der Waals surface area contributed by atoms with Crippen molar-refractivity contribution in [2.45, 2.75) is 34.2 Å². The zero-order valence-electron chi connectivity index (χ0n) is 19.6. The third-order valence-corrected chi connectivity index (χ3v) is 7.00. The molecule has 0 radical (unpaired) electrons. The second-order valence-electron chi connectivity index (χ2n) is 8.32. The lowest BCUT2D eigenvalue weighted by Gasteiger charge is -2.20. The van der Waals surface area contributed by atoms with Gasteiger partial charge in [0.15, 0.2) is 0 Å². The van der Waals surface area contributed by atoms with Gasteiger partial charge in [-0.15, -0.1) is 0 Å². The van der Waals surface area contributed by atoms with E-state index in [1.54, 1.807) is 4.90 Å². The highest BCUT2D eigenvalue weighted by atomic mass is 127. The van der Waals surface area contributed by atoms with Gasteiger partial charge in [0.05, 0.1) is 0 Å². The molecule has 0 atom stereocenters. The van der Waals surface area contributed by atoms with Gasteiger partial charge in [0.1, 0.15) is 5.75 Å². The van der Waals surface area contributed by atoms with Crippen LogP contribution in [0.1, 0.15) is 30.5 Å². The largest absolute Gasteiger partial charge is 0.415 e. The minimum absolute atomic E-state index is 0.316. The molecule has 0 aliphatic heterocycles. The molecule has 170 valence electrons. The predicted molar refractivity (Wildman–Crippen MR) is 144 cm³/mol. The number of carbonyl (C=O) groups is 1. The van der Waals surface area contributed by atoms with E-state index in [4.69, 9.17) is 4.74 Å². The number of aromatic nitrogens is 1. The third-order valence-electron chi connectivity index (χ3n) is 5.94. The molecule has 5 heteroatoms. The van der Waals surface area contributed by atoms with Gasteiger partial charge >= 0.3 is 6.09 Å². The number of amides is 1. The van der Waals surface area contributed by atoms with Crippen molar-refractivity contribution in [2.75, 3.05) is 13.1 Å². The van der Waals surface area contributed by atoms with Crippen molar-refractivity contribution in [2.24, 2.45) is 0 Å². The van der Waals surface area contributed by atoms with E-state index in [2.05, 4.69) is 102 Å². The summed E-state index contributed by atoms with van der Waals surface area (Å²) < 4.78 is 9.46. The van der Waals surface area contributed by atoms with E-state index >= 15 is 0 Å². The summed E-state index contributed by atoms with van der Waals surface area (Å²) in [6.07, 6.45) is 1.80. The Hall–Kier alpha value is -2.80. The molecule has 0 unspecified atom stereocenters. The van der Waals surface area contributed by atoms with E-state index < -0.39 is 0 Å². The van der Waals surface area contributed by atoms with Crippen LogP contribution in [0.5, 0.6) is 5.75 Å². The van der Waals surface area contributed by atoms with Crippen LogP contribution in [0.3, 0.4) is 0 Å². The molecule has 3 aromatic carbocycles. The highest BCUT2D eigenvalue weighted by Gasteiger charge is 2.19. The van der Waals surface area contributed by atoms with Gasteiger partial charge in [-0.05, 0) is 85.7 Å². The minimum Gasteiger partial charge on any atom is -0.410 e. The summed E-state index contributed by atoms with van der Waals surface area (Å²) in [5, 5.41) is 1.08. The van der Waals surface area contributed by atoms with Crippen molar-refractivity contribution in [1.29, 1.82) is 0 Å². The Morgan fingerprint density at radius 1 is 0.970 bits per heavy atom. The van der Waals surface area contributed by atoms with Crippen LogP contribution in [0, 0.1) is 17.4 Å². The lowest BCUT2D eigenvalue weighted by atomic mass is 9.97. The standard InChI is InChI=1S/C28H29IN2O2/c1-5-30(6-2)28(32)33-26-12-11-25-23(27(26)22-16-19(3)15-20(4)17-22)13-14-31(25)18-21-9-7-8-10-24(21)29/h7-17H,5-6,18H2,1-4H3. The molecule has 0 saturated carbocycles. The molecule has 4 rings (SSSR count). The fourth-order valence-corrected chi connectivity index (χ4v) is 4.90. The Kier molecular flexibility index (Phi) is 7.08. The average Bonchev–Trinajstić information content (AvgIpc) is 3.18. The molecule has 0 bridgehead atoms. The fraction of sp³-hybridized carbons (Fsp3) is 0.250. The topological polar surface area (TPSA) is 34.5 Å². The van der Waals surface area contributed by atoms with E-state index in [9.17, 15) is 4.79 Å². The van der Waals surface area contributed by atoms with Crippen molar-refractivity contribution >= 4 is 39.6 Å². The van der Waals surface area contributed by atoms with Gasteiger partial charge in [0.25, 0.3) is 0 Å². The Bertz CT molecular complexity index is 1280. The first-order chi connectivity index (χ1) is 15.9. The van der Waals surface area contributed by atoms with Gasteiger partial charge in [-0.2, -0.15) is 0 Å². The molecule has 0 aliphatic rings. The Morgan fingerprint density at radius 2 is 1.67 bits per heavy atom. The number of ether oxygens (including phenoxy) is 1. The molecular formula is C28H29IN2O2. The maximum atomic E-state index is 12.8. The van der Waals surface area contributed by atoms with Crippen LogP contribution in [0.2, 0.25) is 0 Å². The number of rotatable bonds is 6. The molecule has 33 heavy (non-hydrogen) atoms. The van der Waals surface area contributed by atoms with Gasteiger partial charge in [-0.1, -0.05) is 47.5 Å². The summed E-state index contributed by atoms with van der Waals surface area (Å²) in [6, 6.07) is 21.0. The van der Waals surface area contributed by atoms with Crippen molar-refractivity contribution in [3.8, 4) is 16.9 Å². The van der Waals surface area contributed by atoms with Crippen molar-refractivity contribution < 1.29 is 9.53 Å². The Labute approximate surface area is 209 Å². The summed E-state index contributed by atoms with van der Waals surface area (Å²) >= 11 is 2.39. The lowest BCUT2D eigenvalue weighted by molar-refractivity contribution is 0.157. The summed E-state index contributed by atoms with van der Waals surface area (Å²) in [5.74, 6) is 0.594. The van der Waals surface area contributed by atoms with Crippen LogP contribution in [0.25, 0.3) is 22.0 Å². The molecule has 0 aliphatic carbocycles. The Morgan fingerprint density at radius 3 is 2.33 bits per heavy atom. The monoisotopic (exact) mass is 552 g/mol. The Balaban J connectivity index is 1.86. The lowest BCUT2D eigenvalue weighted by Crippen LogP contribution is -2.33. The van der Waals surface area contributed by atoms with Crippen LogP contribution in [0.4, 0.5) is 4.79 Å². The molecule has 0 fully saturated rings. The molecule has 1 heterocycles. The van der Waals surface area contributed by atoms with Crippen LogP contribution in [-0.4, -0.2) is 28.6 Å². The van der Waals surface area contributed by atoms with Gasteiger partial charge in [0.2, 0.25) is 0 Å². The first-order valence-electron chi connectivity index (χ1n) is 11.3. The second kappa shape index (κ2) is 10.00. The number of nitrogens with zero attached hydrogens (tertiary/aromatic N) is 2. The smallest absolute Gasteiger partial charge is 0.410 e. The molecule has 4 nitrogen and oxygen atoms in total. The SMILES string of the molecule is CCN(CC)C(=O)Oc1ccc2c(ccn2Cc2ccccc2I)c1-c1cc(C)cc(C)c1. The second-order valence-corrected chi connectivity index (χ2v) is 9.49. The number of carbonyl (C=O) groups excluding carboxylic acids is 1. The van der Waals surface area contributed by atoms with Crippen LogP contribution in [-0.2, 0) is 6.54 Å². The zero-order chi connectivity index (χ0) is 23.5. The van der Waals surface area contributed by atoms with Crippen molar-refractivity contribution in [3.63, 3.8) is 0 Å². The number of aryl methyl sites for hydroxylation is 2. The molecular weight excluding hydrogens is 523 g/mol. The van der Waals surface area contributed by atoms with Crippen LogP contribution >= 0.6 is 22.6 Å².